The Hall–Kier alpha value is -3.86. The molecule has 3 heterocycles. The first-order valence-electron chi connectivity index (χ1n) is 11.3. The lowest BCUT2D eigenvalue weighted by atomic mass is 10.1. The minimum absolute atomic E-state index is 0.00760. The molecule has 190 valence electrons. The zero-order valence-electron chi connectivity index (χ0n) is 19.5. The van der Waals surface area contributed by atoms with Gasteiger partial charge in [0.05, 0.1) is 24.3 Å². The number of nitrogens with one attached hydrogen (secondary N) is 2. The molecule has 11 heteroatoms. The number of carbonyl (C=O) groups excluding carboxylic acids is 1. The van der Waals surface area contributed by atoms with Crippen LogP contribution in [-0.2, 0) is 17.5 Å². The number of methoxy groups -OCH3 is 1. The van der Waals surface area contributed by atoms with Gasteiger partial charge in [0.15, 0.2) is 0 Å². The number of hydrogen-bond donors (Lipinski definition) is 2. The number of ether oxygens (including phenoxy) is 3. The van der Waals surface area contributed by atoms with Gasteiger partial charge in [0, 0.05) is 43.4 Å². The molecule has 3 aromatic rings. The second-order valence-corrected chi connectivity index (χ2v) is 8.10. The fourth-order valence-electron chi connectivity index (χ4n) is 3.67. The van der Waals surface area contributed by atoms with Gasteiger partial charge in [0.25, 0.3) is 5.91 Å². The molecule has 1 fully saturated rings. The van der Waals surface area contributed by atoms with Crippen molar-refractivity contribution in [2.75, 3.05) is 31.0 Å². The second kappa shape index (κ2) is 11.3. The van der Waals surface area contributed by atoms with Crippen LogP contribution in [0.5, 0.6) is 11.6 Å². The van der Waals surface area contributed by atoms with E-state index in [0.717, 1.165) is 30.5 Å². The summed E-state index contributed by atoms with van der Waals surface area (Å²) in [6, 6.07) is 9.73. The van der Waals surface area contributed by atoms with Crippen molar-refractivity contribution in [2.24, 2.45) is 0 Å². The molecule has 4 rings (SSSR count). The second-order valence-electron chi connectivity index (χ2n) is 8.10. The number of hydrogen-bond acceptors (Lipinski definition) is 7. The molecule has 1 aliphatic rings. The van der Waals surface area contributed by atoms with Crippen molar-refractivity contribution in [3.63, 3.8) is 0 Å². The summed E-state index contributed by atoms with van der Waals surface area (Å²) in [6.45, 7) is 1.06. The Labute approximate surface area is 205 Å². The van der Waals surface area contributed by atoms with Crippen LogP contribution in [0.2, 0.25) is 0 Å². The molecule has 2 N–H and O–H groups in total. The first kappa shape index (κ1) is 25.2. The number of pyridine rings is 2. The van der Waals surface area contributed by atoms with E-state index >= 15 is 0 Å². The number of rotatable bonds is 9. The smallest absolute Gasteiger partial charge is 0.416 e. The lowest BCUT2D eigenvalue weighted by Gasteiger charge is -2.16. The number of carbonyl (C=O) groups is 1. The minimum atomic E-state index is -4.62. The molecule has 0 unspecified atom stereocenters. The van der Waals surface area contributed by atoms with Crippen molar-refractivity contribution in [2.45, 2.75) is 31.7 Å². The maximum Gasteiger partial charge on any atom is 0.416 e. The van der Waals surface area contributed by atoms with Crippen LogP contribution in [0.1, 0.15) is 34.3 Å². The predicted octanol–water partition coefficient (Wildman–Crippen LogP) is 4.93. The summed E-state index contributed by atoms with van der Waals surface area (Å²) in [7, 11) is 1.51. The number of aromatic nitrogens is 2. The summed E-state index contributed by atoms with van der Waals surface area (Å²) < 4.78 is 56.6. The largest absolute Gasteiger partial charge is 0.491 e. The highest BCUT2D eigenvalue weighted by molar-refractivity contribution is 6.07. The third kappa shape index (κ3) is 6.63. The Morgan fingerprint density at radius 3 is 2.78 bits per heavy atom. The van der Waals surface area contributed by atoms with Gasteiger partial charge in [0.1, 0.15) is 18.2 Å². The van der Waals surface area contributed by atoms with Crippen LogP contribution in [0.15, 0.2) is 54.9 Å². The summed E-state index contributed by atoms with van der Waals surface area (Å²) in [5.41, 5.74) is 0.0205. The summed E-state index contributed by atoms with van der Waals surface area (Å²) in [5, 5.41) is 5.61. The Bertz CT molecular complexity index is 1200. The highest BCUT2D eigenvalue weighted by Crippen LogP contribution is 2.34. The van der Waals surface area contributed by atoms with Crippen LogP contribution in [-0.4, -0.2) is 42.3 Å². The standard InChI is InChI=1S/C25H25F3N4O4/c1-34-22-10-16(6-8-29-22)14-31-23-21(5-2-7-30-23)24(33)32-18-11-17(25(26,27)28)12-20(13-18)36-15-19-4-3-9-35-19/h2,5-8,10-13,19H,3-4,9,14-15H2,1H3,(H,30,31)(H,32,33)/t19-/m1/s1. The predicted molar refractivity (Wildman–Crippen MR) is 126 cm³/mol. The lowest BCUT2D eigenvalue weighted by Crippen LogP contribution is -2.18. The third-order valence-corrected chi connectivity index (χ3v) is 5.47. The van der Waals surface area contributed by atoms with Gasteiger partial charge < -0.3 is 24.8 Å². The first-order chi connectivity index (χ1) is 17.3. The lowest BCUT2D eigenvalue weighted by molar-refractivity contribution is -0.137. The zero-order chi connectivity index (χ0) is 25.5. The number of anilines is 2. The minimum Gasteiger partial charge on any atom is -0.491 e. The number of nitrogens with zero attached hydrogens (tertiary/aromatic N) is 2. The molecule has 8 nitrogen and oxygen atoms in total. The van der Waals surface area contributed by atoms with Crippen molar-refractivity contribution >= 4 is 17.4 Å². The van der Waals surface area contributed by atoms with Crippen LogP contribution >= 0.6 is 0 Å². The van der Waals surface area contributed by atoms with E-state index in [1.54, 1.807) is 24.4 Å². The first-order valence-corrected chi connectivity index (χ1v) is 11.3. The molecule has 1 aliphatic heterocycles. The fourth-order valence-corrected chi connectivity index (χ4v) is 3.67. The SMILES string of the molecule is COc1cc(CNc2ncccc2C(=O)Nc2cc(OC[C@H]3CCCO3)cc(C(F)(F)F)c2)ccn1. The van der Waals surface area contributed by atoms with Crippen molar-refractivity contribution in [1.82, 2.24) is 9.97 Å². The molecule has 1 saturated heterocycles. The summed E-state index contributed by atoms with van der Waals surface area (Å²) in [4.78, 5) is 21.3. The van der Waals surface area contributed by atoms with Crippen LogP contribution in [0.4, 0.5) is 24.7 Å². The summed E-state index contributed by atoms with van der Waals surface area (Å²) in [5.74, 6) is 0.0806. The average Bonchev–Trinajstić information content (AvgIpc) is 3.40. The highest BCUT2D eigenvalue weighted by atomic mass is 19.4. The van der Waals surface area contributed by atoms with Crippen molar-refractivity contribution < 1.29 is 32.2 Å². The molecule has 0 radical (unpaired) electrons. The van der Waals surface area contributed by atoms with Crippen LogP contribution in [0, 0.1) is 0 Å². The monoisotopic (exact) mass is 502 g/mol. The molecule has 0 spiro atoms. The molecule has 1 atom stereocenters. The number of alkyl halides is 3. The third-order valence-electron chi connectivity index (χ3n) is 5.47. The summed E-state index contributed by atoms with van der Waals surface area (Å²) >= 11 is 0. The Morgan fingerprint density at radius 1 is 1.17 bits per heavy atom. The average molecular weight is 502 g/mol. The molecule has 2 aromatic heterocycles. The van der Waals surface area contributed by atoms with E-state index < -0.39 is 17.6 Å². The van der Waals surface area contributed by atoms with E-state index in [0.29, 0.717) is 19.0 Å². The van der Waals surface area contributed by atoms with E-state index in [4.69, 9.17) is 14.2 Å². The van der Waals surface area contributed by atoms with Crippen molar-refractivity contribution in [3.05, 3.63) is 71.5 Å². The maximum atomic E-state index is 13.5. The van der Waals surface area contributed by atoms with Gasteiger partial charge >= 0.3 is 6.18 Å². The van der Waals surface area contributed by atoms with Gasteiger partial charge in [-0.1, -0.05) is 0 Å². The molecule has 1 aromatic carbocycles. The molecule has 0 aliphatic carbocycles. The van der Waals surface area contributed by atoms with E-state index in [2.05, 4.69) is 20.6 Å². The van der Waals surface area contributed by atoms with Gasteiger partial charge in [-0.05, 0) is 48.7 Å². The molecule has 0 saturated carbocycles. The summed E-state index contributed by atoms with van der Waals surface area (Å²) in [6.07, 6.45) is -0.0154. The van der Waals surface area contributed by atoms with Crippen LogP contribution < -0.4 is 20.1 Å². The molecule has 36 heavy (non-hydrogen) atoms. The molecular formula is C25H25F3N4O4. The topological polar surface area (TPSA) is 94.6 Å². The van der Waals surface area contributed by atoms with Crippen LogP contribution in [0.3, 0.4) is 0 Å². The Morgan fingerprint density at radius 2 is 2.03 bits per heavy atom. The zero-order valence-corrected chi connectivity index (χ0v) is 19.5. The number of halogens is 3. The molecule has 1 amide bonds. The van der Waals surface area contributed by atoms with Crippen molar-refractivity contribution in [3.8, 4) is 11.6 Å². The van der Waals surface area contributed by atoms with Crippen molar-refractivity contribution in [1.29, 1.82) is 0 Å². The Balaban J connectivity index is 1.50. The Kier molecular flexibility index (Phi) is 7.89. The normalized spacial score (nSPS) is 15.4. The van der Waals surface area contributed by atoms with Gasteiger partial charge in [-0.2, -0.15) is 13.2 Å². The number of amides is 1. The molecule has 0 bridgehead atoms. The van der Waals surface area contributed by atoms with Crippen LogP contribution in [0.25, 0.3) is 0 Å². The van der Waals surface area contributed by atoms with Gasteiger partial charge in [0.2, 0.25) is 5.88 Å². The maximum absolute atomic E-state index is 13.5. The van der Waals surface area contributed by atoms with E-state index in [1.807, 2.05) is 0 Å². The van der Waals surface area contributed by atoms with E-state index in [-0.39, 0.29) is 35.5 Å². The fraction of sp³-hybridized carbons (Fsp3) is 0.320. The van der Waals surface area contributed by atoms with E-state index in [9.17, 15) is 18.0 Å². The van der Waals surface area contributed by atoms with Gasteiger partial charge in [-0.25, -0.2) is 9.97 Å². The van der Waals surface area contributed by atoms with E-state index in [1.165, 1.54) is 25.4 Å². The number of benzene rings is 1. The quantitative estimate of drug-likeness (QED) is 0.429. The van der Waals surface area contributed by atoms with Gasteiger partial charge in [-0.3, -0.25) is 4.79 Å². The molecular weight excluding hydrogens is 477 g/mol. The van der Waals surface area contributed by atoms with Gasteiger partial charge in [-0.15, -0.1) is 0 Å². The highest BCUT2D eigenvalue weighted by Gasteiger charge is 2.32.